The van der Waals surface area contributed by atoms with Gasteiger partial charge in [0, 0.05) is 82.5 Å². The van der Waals surface area contributed by atoms with Gasteiger partial charge in [-0.2, -0.15) is 5.10 Å². The first-order valence-corrected chi connectivity index (χ1v) is 24.8. The van der Waals surface area contributed by atoms with Crippen LogP contribution in [0.5, 0.6) is 0 Å². The standard InChI is InChI=1S/C51H56N10O7S/c1-58-41-28-33(12-15-37(41)46(57-58)38-17-19-44(62)55-49(38)65)52-45(63)30-60-25-23-59(24-26-60)21-5-27-68-34-13-10-32(11-14-34)35-16-18-43(54-47(35)50(66)67)61-22-20-31-6-4-7-36(39(31)29-61)48(64)56-51-53-40-8-2-3-9-42(40)69-51/h2-4,6-9,12,15-16,18,28,32,34,38H,5,10-11,13-14,17,19-27,29-30H2,1H3,(H,52,63)(H,66,67)(H,53,56,64)(H,55,62,65). The fourth-order valence-corrected chi connectivity index (χ4v) is 11.3. The molecule has 1 atom stereocenters. The maximum Gasteiger partial charge on any atom is 0.354 e. The molecule has 6 heterocycles. The van der Waals surface area contributed by atoms with E-state index in [0.717, 1.165) is 103 Å². The number of piperidine rings is 1. The van der Waals surface area contributed by atoms with Gasteiger partial charge in [0.05, 0.1) is 40.0 Å². The van der Waals surface area contributed by atoms with Crippen LogP contribution < -0.4 is 20.9 Å². The number of hydrogen-bond donors (Lipinski definition) is 4. The number of fused-ring (bicyclic) bond motifs is 3. The Kier molecular flexibility index (Phi) is 13.5. The number of carboxylic acids is 1. The first-order valence-electron chi connectivity index (χ1n) is 24.0. The van der Waals surface area contributed by atoms with Gasteiger partial charge < -0.3 is 25.0 Å². The van der Waals surface area contributed by atoms with E-state index in [1.54, 1.807) is 4.68 Å². The van der Waals surface area contributed by atoms with Gasteiger partial charge in [-0.1, -0.05) is 41.7 Å². The summed E-state index contributed by atoms with van der Waals surface area (Å²) in [6.07, 6.45) is 5.83. The molecule has 1 saturated carbocycles. The monoisotopic (exact) mass is 952 g/mol. The molecule has 1 unspecified atom stereocenters. The molecule has 3 aromatic carbocycles. The summed E-state index contributed by atoms with van der Waals surface area (Å²) >= 11 is 1.44. The molecular weight excluding hydrogens is 897 g/mol. The fraction of sp³-hybridized carbons (Fsp3) is 0.412. The number of benzene rings is 3. The van der Waals surface area contributed by atoms with Crippen molar-refractivity contribution in [1.82, 2.24) is 34.9 Å². The van der Waals surface area contributed by atoms with Crippen molar-refractivity contribution in [3.05, 3.63) is 106 Å². The van der Waals surface area contributed by atoms with E-state index < -0.39 is 11.9 Å². The zero-order chi connectivity index (χ0) is 47.6. The second kappa shape index (κ2) is 20.2. The van der Waals surface area contributed by atoms with Crippen LogP contribution in [0.4, 0.5) is 16.6 Å². The smallest absolute Gasteiger partial charge is 0.354 e. The Morgan fingerprint density at radius 2 is 1.68 bits per heavy atom. The van der Waals surface area contributed by atoms with Gasteiger partial charge in [0.25, 0.3) is 5.91 Å². The molecule has 4 N–H and O–H groups in total. The average molecular weight is 953 g/mol. The van der Waals surface area contributed by atoms with Crippen LogP contribution in [0.25, 0.3) is 21.1 Å². The molecule has 0 bridgehead atoms. The Balaban J connectivity index is 0.652. The Hall–Kier alpha value is -6.60. The number of para-hydroxylation sites is 1. The molecule has 1 aliphatic carbocycles. The zero-order valence-corrected chi connectivity index (χ0v) is 39.4. The van der Waals surface area contributed by atoms with Gasteiger partial charge in [-0.15, -0.1) is 0 Å². The molecule has 358 valence electrons. The van der Waals surface area contributed by atoms with E-state index >= 15 is 0 Å². The summed E-state index contributed by atoms with van der Waals surface area (Å²) in [5.41, 5.74) is 6.39. The normalized spacial score (nSPS) is 20.2. The van der Waals surface area contributed by atoms with E-state index in [-0.39, 0.29) is 47.8 Å². The van der Waals surface area contributed by atoms with Crippen LogP contribution in [0.15, 0.2) is 72.8 Å². The topological polar surface area (TPSA) is 204 Å². The van der Waals surface area contributed by atoms with Gasteiger partial charge in [-0.25, -0.2) is 14.8 Å². The Morgan fingerprint density at radius 1 is 0.870 bits per heavy atom. The number of carbonyl (C=O) groups excluding carboxylic acids is 4. The van der Waals surface area contributed by atoms with Gasteiger partial charge in [0.15, 0.2) is 10.8 Å². The molecule has 18 heteroatoms. The largest absolute Gasteiger partial charge is 0.477 e. The van der Waals surface area contributed by atoms with E-state index in [2.05, 4.69) is 40.7 Å². The molecule has 0 radical (unpaired) electrons. The van der Waals surface area contributed by atoms with E-state index in [9.17, 15) is 29.1 Å². The maximum atomic E-state index is 13.6. The van der Waals surface area contributed by atoms with Gasteiger partial charge >= 0.3 is 5.97 Å². The van der Waals surface area contributed by atoms with Crippen molar-refractivity contribution in [3.8, 4) is 0 Å². The summed E-state index contributed by atoms with van der Waals surface area (Å²) in [7, 11) is 1.81. The zero-order valence-electron chi connectivity index (χ0n) is 38.6. The van der Waals surface area contributed by atoms with Gasteiger partial charge in [-0.3, -0.25) is 39.4 Å². The van der Waals surface area contributed by atoms with Gasteiger partial charge in [0.1, 0.15) is 5.82 Å². The van der Waals surface area contributed by atoms with Crippen molar-refractivity contribution in [3.63, 3.8) is 0 Å². The molecule has 4 amide bonds. The van der Waals surface area contributed by atoms with Crippen molar-refractivity contribution >= 4 is 78.7 Å². The molecule has 0 spiro atoms. The summed E-state index contributed by atoms with van der Waals surface area (Å²) in [5, 5.41) is 24.8. The number of nitrogens with one attached hydrogen (secondary N) is 3. The SMILES string of the molecule is Cn1nc(C2CCC(=O)NC2=O)c2ccc(NC(=O)CN3CCN(CCCOC4CCC(c5ccc(N6CCc7cccc(C(=O)Nc8nc9ccccc9s8)c7C6)nc5C(=O)O)CC4)CC3)cc21. The molecule has 17 nitrogen and oxygen atoms in total. The number of carbonyl (C=O) groups is 5. The predicted octanol–water partition coefficient (Wildman–Crippen LogP) is 6.30. The molecule has 10 rings (SSSR count). The second-order valence-electron chi connectivity index (χ2n) is 18.6. The van der Waals surface area contributed by atoms with Crippen LogP contribution in [0.3, 0.4) is 0 Å². The van der Waals surface area contributed by atoms with Crippen molar-refractivity contribution in [2.75, 3.05) is 68.0 Å². The summed E-state index contributed by atoms with van der Waals surface area (Å²) in [4.78, 5) is 79.5. The van der Waals surface area contributed by atoms with Crippen molar-refractivity contribution in [1.29, 1.82) is 0 Å². The molecular formula is C51H56N10O7S. The van der Waals surface area contributed by atoms with E-state index in [0.29, 0.717) is 67.0 Å². The minimum atomic E-state index is -1.04. The summed E-state index contributed by atoms with van der Waals surface area (Å²) in [6.45, 7) is 6.30. The molecule has 6 aromatic rings. The maximum absolute atomic E-state index is 13.6. The van der Waals surface area contributed by atoms with Crippen LogP contribution >= 0.6 is 11.3 Å². The second-order valence-corrected chi connectivity index (χ2v) is 19.6. The van der Waals surface area contributed by atoms with E-state index in [4.69, 9.17) is 9.72 Å². The highest BCUT2D eigenvalue weighted by molar-refractivity contribution is 7.22. The number of carboxylic acid groups (broad SMARTS) is 1. The number of piperazine rings is 1. The number of pyridine rings is 1. The molecule has 3 aliphatic heterocycles. The highest BCUT2D eigenvalue weighted by atomic mass is 32.1. The lowest BCUT2D eigenvalue weighted by Gasteiger charge is -2.34. The summed E-state index contributed by atoms with van der Waals surface area (Å²) in [6, 6.07) is 23.0. The van der Waals surface area contributed by atoms with Crippen LogP contribution in [0, 0.1) is 0 Å². The van der Waals surface area contributed by atoms with Gasteiger partial charge in [-0.05, 0) is 110 Å². The quantitative estimate of drug-likeness (QED) is 0.0700. The lowest BCUT2D eigenvalue weighted by molar-refractivity contribution is -0.134. The number of thiazole rings is 1. The lowest BCUT2D eigenvalue weighted by atomic mass is 9.82. The van der Waals surface area contributed by atoms with Gasteiger partial charge in [0.2, 0.25) is 17.7 Å². The molecule has 2 saturated heterocycles. The summed E-state index contributed by atoms with van der Waals surface area (Å²) in [5.74, 6) is -1.74. The third-order valence-corrected chi connectivity index (χ3v) is 15.1. The predicted molar refractivity (Wildman–Crippen MR) is 263 cm³/mol. The summed E-state index contributed by atoms with van der Waals surface area (Å²) < 4.78 is 9.06. The van der Waals surface area contributed by atoms with Crippen LogP contribution in [-0.4, -0.2) is 123 Å². The number of rotatable bonds is 14. The molecule has 3 fully saturated rings. The number of amides is 4. The number of ether oxygens (including phenoxy) is 1. The Labute approximate surface area is 403 Å². The van der Waals surface area contributed by atoms with Crippen LogP contribution in [0.1, 0.15) is 100 Å². The molecule has 4 aliphatic rings. The minimum absolute atomic E-state index is 0.0838. The fourth-order valence-electron chi connectivity index (χ4n) is 10.4. The third-order valence-electron chi connectivity index (χ3n) is 14.1. The number of imide groups is 1. The molecule has 69 heavy (non-hydrogen) atoms. The number of hydrogen-bond acceptors (Lipinski definition) is 13. The van der Waals surface area contributed by atoms with E-state index in [1.807, 2.05) is 79.8 Å². The highest BCUT2D eigenvalue weighted by Gasteiger charge is 2.33. The highest BCUT2D eigenvalue weighted by Crippen LogP contribution is 2.37. The van der Waals surface area contributed by atoms with Crippen molar-refractivity contribution < 1.29 is 33.8 Å². The van der Waals surface area contributed by atoms with E-state index in [1.165, 1.54) is 11.3 Å². The number of aromatic carboxylic acids is 1. The Bertz CT molecular complexity index is 2900. The lowest BCUT2D eigenvalue weighted by Crippen LogP contribution is -2.48. The molecule has 3 aromatic heterocycles. The minimum Gasteiger partial charge on any atom is -0.477 e. The number of anilines is 3. The van der Waals surface area contributed by atoms with Crippen LogP contribution in [0.2, 0.25) is 0 Å². The third kappa shape index (κ3) is 10.2. The average Bonchev–Trinajstić information content (AvgIpc) is 3.92. The Morgan fingerprint density at radius 3 is 2.48 bits per heavy atom. The van der Waals surface area contributed by atoms with Crippen LogP contribution in [-0.2, 0) is 39.1 Å². The van der Waals surface area contributed by atoms with Crippen molar-refractivity contribution in [2.45, 2.75) is 75.9 Å². The first-order chi connectivity index (χ1) is 33.5. The number of nitrogens with zero attached hydrogens (tertiary/aromatic N) is 7. The number of aryl methyl sites for hydroxylation is 1. The first kappa shape index (κ1) is 46.1. The number of aromatic nitrogens is 4. The van der Waals surface area contributed by atoms with Crippen molar-refractivity contribution in [2.24, 2.45) is 7.05 Å².